The van der Waals surface area contributed by atoms with Gasteiger partial charge in [0.1, 0.15) is 0 Å². The molecular weight excluding hydrogens is 199 g/mol. The first-order chi connectivity index (χ1) is 6.15. The van der Waals surface area contributed by atoms with Crippen LogP contribution in [0.2, 0.25) is 0 Å². The van der Waals surface area contributed by atoms with E-state index in [1.165, 1.54) is 25.4 Å². The van der Waals surface area contributed by atoms with Crippen molar-refractivity contribution < 1.29 is 0 Å². The minimum atomic E-state index is 0.629. The lowest BCUT2D eigenvalue weighted by atomic mass is 9.71. The fourth-order valence-electron chi connectivity index (χ4n) is 2.73. The maximum absolute atomic E-state index is 5.88. The molecule has 0 aromatic rings. The highest BCUT2D eigenvalue weighted by Gasteiger charge is 2.29. The van der Waals surface area contributed by atoms with Gasteiger partial charge >= 0.3 is 0 Å². The van der Waals surface area contributed by atoms with Crippen LogP contribution in [0, 0.1) is 23.7 Å². The Labute approximate surface area is 89.4 Å². The first-order valence-electron chi connectivity index (χ1n) is 5.48. The summed E-state index contributed by atoms with van der Waals surface area (Å²) in [7, 11) is 0.629. The van der Waals surface area contributed by atoms with Crippen molar-refractivity contribution >= 4 is 19.2 Å². The second kappa shape index (κ2) is 5.56. The fraction of sp³-hybridized carbons (Fsp3) is 1.00. The maximum Gasteiger partial charge on any atom is -0.0183 e. The van der Waals surface area contributed by atoms with Crippen LogP contribution in [0.3, 0.4) is 0 Å². The fourth-order valence-corrected chi connectivity index (χ4v) is 4.00. The summed E-state index contributed by atoms with van der Waals surface area (Å²) in [6.07, 6.45) is 5.55. The first-order valence-corrected chi connectivity index (χ1v) is 7.70. The zero-order valence-corrected chi connectivity index (χ0v) is 10.8. The molecule has 78 valence electrons. The van der Waals surface area contributed by atoms with Crippen LogP contribution in [0.4, 0.5) is 0 Å². The smallest absolute Gasteiger partial charge is 0.0183 e. The van der Waals surface area contributed by atoms with Gasteiger partial charge in [-0.05, 0) is 50.6 Å². The molecule has 1 fully saturated rings. The lowest BCUT2D eigenvalue weighted by molar-refractivity contribution is 0.161. The Hall–Kier alpha value is 0.720. The number of hydrogen-bond acceptors (Lipinski definition) is 0. The van der Waals surface area contributed by atoms with E-state index in [1.54, 1.807) is 0 Å². The summed E-state index contributed by atoms with van der Waals surface area (Å²) in [5.74, 6) is 3.65. The molecule has 1 rings (SSSR count). The Kier molecular flexibility index (Phi) is 5.05. The molecule has 4 unspecified atom stereocenters. The molecule has 0 radical (unpaired) electrons. The van der Waals surface area contributed by atoms with Gasteiger partial charge in [0.25, 0.3) is 0 Å². The molecule has 0 aliphatic heterocycles. The quantitative estimate of drug-likeness (QED) is 0.614. The molecule has 0 aromatic heterocycles. The van der Waals surface area contributed by atoms with Gasteiger partial charge in [0.2, 0.25) is 0 Å². The van der Waals surface area contributed by atoms with E-state index in [-0.39, 0.29) is 0 Å². The van der Waals surface area contributed by atoms with Gasteiger partial charge in [-0.15, -0.1) is 11.2 Å². The Morgan fingerprint density at radius 3 is 2.62 bits per heavy atom. The topological polar surface area (TPSA) is 0 Å². The van der Waals surface area contributed by atoms with Crippen molar-refractivity contribution in [3.63, 3.8) is 0 Å². The summed E-state index contributed by atoms with van der Waals surface area (Å²) >= 11 is 5.88. The van der Waals surface area contributed by atoms with Crippen LogP contribution >= 0.6 is 19.2 Å². The van der Waals surface area contributed by atoms with Crippen LogP contribution in [0.5, 0.6) is 0 Å². The highest BCUT2D eigenvalue weighted by Crippen LogP contribution is 2.41. The standard InChI is InChI=1S/C11H22ClP/c1-8(2)11-5-4-9(3)6-10(11)7-13-12/h8-11,13H,4-7H2,1-3H3. The zero-order valence-electron chi connectivity index (χ0n) is 9.02. The molecule has 0 spiro atoms. The van der Waals surface area contributed by atoms with Crippen LogP contribution in [0.25, 0.3) is 0 Å². The monoisotopic (exact) mass is 220 g/mol. The molecule has 4 atom stereocenters. The maximum atomic E-state index is 5.88. The third-order valence-corrected chi connectivity index (χ3v) is 4.64. The normalized spacial score (nSPS) is 36.2. The second-order valence-corrected chi connectivity index (χ2v) is 6.40. The van der Waals surface area contributed by atoms with Gasteiger partial charge in [-0.1, -0.05) is 27.2 Å². The van der Waals surface area contributed by atoms with Gasteiger partial charge < -0.3 is 0 Å². The molecule has 0 N–H and O–H groups in total. The number of rotatable bonds is 3. The van der Waals surface area contributed by atoms with Gasteiger partial charge in [-0.25, -0.2) is 0 Å². The van der Waals surface area contributed by atoms with Crippen LogP contribution < -0.4 is 0 Å². The summed E-state index contributed by atoms with van der Waals surface area (Å²) in [6.45, 7) is 7.12. The number of hydrogen-bond donors (Lipinski definition) is 0. The molecule has 0 amide bonds. The van der Waals surface area contributed by atoms with E-state index in [1.807, 2.05) is 0 Å². The van der Waals surface area contributed by atoms with Crippen molar-refractivity contribution in [2.24, 2.45) is 23.7 Å². The molecular formula is C11H22ClP. The van der Waals surface area contributed by atoms with Crippen molar-refractivity contribution in [2.75, 3.05) is 6.16 Å². The van der Waals surface area contributed by atoms with E-state index in [0.29, 0.717) is 7.93 Å². The van der Waals surface area contributed by atoms with E-state index >= 15 is 0 Å². The van der Waals surface area contributed by atoms with Crippen molar-refractivity contribution in [3.8, 4) is 0 Å². The van der Waals surface area contributed by atoms with Crippen LogP contribution in [-0.2, 0) is 0 Å². The lowest BCUT2D eigenvalue weighted by Gasteiger charge is -2.37. The molecule has 1 aliphatic rings. The summed E-state index contributed by atoms with van der Waals surface area (Å²) in [5, 5.41) is 0. The summed E-state index contributed by atoms with van der Waals surface area (Å²) in [6, 6.07) is 0. The van der Waals surface area contributed by atoms with E-state index < -0.39 is 0 Å². The lowest BCUT2D eigenvalue weighted by Crippen LogP contribution is -2.28. The molecule has 2 heteroatoms. The van der Waals surface area contributed by atoms with E-state index in [2.05, 4.69) is 20.8 Å². The molecule has 0 bridgehead atoms. The molecule has 0 nitrogen and oxygen atoms in total. The van der Waals surface area contributed by atoms with Gasteiger partial charge in [0.05, 0.1) is 0 Å². The average molecular weight is 221 g/mol. The van der Waals surface area contributed by atoms with Crippen LogP contribution in [0.1, 0.15) is 40.0 Å². The van der Waals surface area contributed by atoms with E-state index in [4.69, 9.17) is 11.2 Å². The average Bonchev–Trinajstić information content (AvgIpc) is 2.04. The van der Waals surface area contributed by atoms with Crippen molar-refractivity contribution in [1.82, 2.24) is 0 Å². The summed E-state index contributed by atoms with van der Waals surface area (Å²) in [5.41, 5.74) is 0. The zero-order chi connectivity index (χ0) is 9.84. The molecule has 1 saturated carbocycles. The van der Waals surface area contributed by atoms with E-state index in [0.717, 1.165) is 23.7 Å². The Morgan fingerprint density at radius 1 is 1.38 bits per heavy atom. The van der Waals surface area contributed by atoms with Crippen molar-refractivity contribution in [2.45, 2.75) is 40.0 Å². The summed E-state index contributed by atoms with van der Waals surface area (Å²) < 4.78 is 0. The third kappa shape index (κ3) is 3.40. The highest BCUT2D eigenvalue weighted by atomic mass is 35.7. The minimum absolute atomic E-state index is 0.629. The molecule has 1 aliphatic carbocycles. The van der Waals surface area contributed by atoms with E-state index in [9.17, 15) is 0 Å². The Balaban J connectivity index is 2.50. The molecule has 13 heavy (non-hydrogen) atoms. The Morgan fingerprint density at radius 2 is 2.08 bits per heavy atom. The second-order valence-electron chi connectivity index (χ2n) is 4.92. The Bertz CT molecular complexity index is 147. The van der Waals surface area contributed by atoms with Crippen molar-refractivity contribution in [3.05, 3.63) is 0 Å². The van der Waals surface area contributed by atoms with Crippen LogP contribution in [0.15, 0.2) is 0 Å². The molecule has 0 heterocycles. The van der Waals surface area contributed by atoms with Gasteiger partial charge in [-0.3, -0.25) is 0 Å². The van der Waals surface area contributed by atoms with Gasteiger partial charge in [0.15, 0.2) is 0 Å². The van der Waals surface area contributed by atoms with Gasteiger partial charge in [0, 0.05) is 0 Å². The SMILES string of the molecule is CC1CCC(C(C)C)C(CPCl)C1. The summed E-state index contributed by atoms with van der Waals surface area (Å²) in [4.78, 5) is 0. The predicted octanol–water partition coefficient (Wildman–Crippen LogP) is 4.53. The van der Waals surface area contributed by atoms with Crippen LogP contribution in [-0.4, -0.2) is 6.16 Å². The highest BCUT2D eigenvalue weighted by molar-refractivity contribution is 7.68. The van der Waals surface area contributed by atoms with Gasteiger partial charge in [-0.2, -0.15) is 0 Å². The largest absolute Gasteiger partial charge is 0.100 e. The number of halogens is 1. The van der Waals surface area contributed by atoms with Crippen molar-refractivity contribution in [1.29, 1.82) is 0 Å². The third-order valence-electron chi connectivity index (χ3n) is 3.50. The predicted molar refractivity (Wildman–Crippen MR) is 63.9 cm³/mol. The molecule has 0 saturated heterocycles. The minimum Gasteiger partial charge on any atom is -0.100 e. The molecule has 0 aromatic carbocycles. The first kappa shape index (κ1) is 11.8.